The zero-order chi connectivity index (χ0) is 15.2. The third kappa shape index (κ3) is 4.01. The Labute approximate surface area is 122 Å². The predicted molar refractivity (Wildman–Crippen MR) is 79.3 cm³/mol. The van der Waals surface area contributed by atoms with E-state index in [1.165, 1.54) is 18.3 Å². The predicted octanol–water partition coefficient (Wildman–Crippen LogP) is 2.98. The molecule has 0 saturated heterocycles. The van der Waals surface area contributed by atoms with Gasteiger partial charge in [-0.05, 0) is 36.4 Å². The number of carboxylic acid groups (broad SMARTS) is 1. The summed E-state index contributed by atoms with van der Waals surface area (Å²) in [6, 6.07) is 9.63. The Kier molecular flexibility index (Phi) is 4.46. The highest BCUT2D eigenvalue weighted by Crippen LogP contribution is 2.14. The minimum Gasteiger partial charge on any atom is -0.478 e. The van der Waals surface area contributed by atoms with Crippen molar-refractivity contribution < 1.29 is 14.7 Å². The van der Waals surface area contributed by atoms with Crippen molar-refractivity contribution in [3.63, 3.8) is 0 Å². The number of pyridine rings is 1. The van der Waals surface area contributed by atoms with Gasteiger partial charge in [0.1, 0.15) is 0 Å². The molecule has 21 heavy (non-hydrogen) atoms. The van der Waals surface area contributed by atoms with E-state index in [2.05, 4.69) is 16.9 Å². The van der Waals surface area contributed by atoms with Gasteiger partial charge in [0.25, 0.3) is 0 Å². The second-order valence-electron chi connectivity index (χ2n) is 4.45. The number of hydrogen-bond donors (Lipinski definition) is 2. The van der Waals surface area contributed by atoms with E-state index in [1.54, 1.807) is 30.5 Å². The second kappa shape index (κ2) is 6.47. The Balaban J connectivity index is 1.95. The number of aromatic carboxylic acids is 1. The molecule has 2 N–H and O–H groups in total. The number of nitrogens with zero attached hydrogens (tertiary/aromatic N) is 1. The first-order chi connectivity index (χ1) is 10.1. The summed E-state index contributed by atoms with van der Waals surface area (Å²) < 4.78 is 0. The number of carboxylic acids is 1. The Morgan fingerprint density at radius 2 is 1.86 bits per heavy atom. The van der Waals surface area contributed by atoms with Gasteiger partial charge in [-0.1, -0.05) is 6.58 Å². The van der Waals surface area contributed by atoms with Gasteiger partial charge in [-0.2, -0.15) is 0 Å². The van der Waals surface area contributed by atoms with E-state index in [1.807, 2.05) is 0 Å². The van der Waals surface area contributed by atoms with Crippen molar-refractivity contribution >= 4 is 17.4 Å². The fourth-order valence-electron chi connectivity index (χ4n) is 1.77. The van der Waals surface area contributed by atoms with Crippen LogP contribution >= 0.6 is 0 Å². The molecule has 106 valence electrons. The van der Waals surface area contributed by atoms with Crippen molar-refractivity contribution in [2.24, 2.45) is 0 Å². The molecule has 0 atom stereocenters. The molecule has 5 heteroatoms. The number of nitrogens with one attached hydrogen (secondary N) is 1. The molecule has 0 radical (unpaired) electrons. The van der Waals surface area contributed by atoms with Gasteiger partial charge in [0, 0.05) is 29.3 Å². The fraction of sp³-hybridized carbons (Fsp3) is 0.0625. The molecule has 2 aromatic rings. The Bertz CT molecular complexity index is 664. The highest BCUT2D eigenvalue weighted by molar-refractivity contribution is 5.97. The summed E-state index contributed by atoms with van der Waals surface area (Å²) in [4.78, 5) is 26.6. The molecule has 0 unspecified atom stereocenters. The van der Waals surface area contributed by atoms with E-state index in [9.17, 15) is 9.59 Å². The molecule has 0 aliphatic rings. The number of carbonyl (C=O) groups excluding carboxylic acids is 1. The van der Waals surface area contributed by atoms with Crippen molar-refractivity contribution in [3.05, 3.63) is 72.2 Å². The van der Waals surface area contributed by atoms with Crippen LogP contribution in [0.1, 0.15) is 27.1 Å². The monoisotopic (exact) mass is 282 g/mol. The fourth-order valence-corrected chi connectivity index (χ4v) is 1.77. The maximum Gasteiger partial charge on any atom is 0.335 e. The van der Waals surface area contributed by atoms with E-state index in [-0.39, 0.29) is 17.8 Å². The highest BCUT2D eigenvalue weighted by atomic mass is 16.4. The van der Waals surface area contributed by atoms with Crippen molar-refractivity contribution in [1.29, 1.82) is 0 Å². The molecule has 1 heterocycles. The van der Waals surface area contributed by atoms with Gasteiger partial charge in [0.05, 0.1) is 12.0 Å². The van der Waals surface area contributed by atoms with Crippen molar-refractivity contribution in [1.82, 2.24) is 4.98 Å². The first-order valence-corrected chi connectivity index (χ1v) is 6.27. The van der Waals surface area contributed by atoms with E-state index in [4.69, 9.17) is 5.11 Å². The maximum atomic E-state index is 12.0. The van der Waals surface area contributed by atoms with Gasteiger partial charge in [0.2, 0.25) is 0 Å². The van der Waals surface area contributed by atoms with E-state index < -0.39 is 5.97 Å². The van der Waals surface area contributed by atoms with Crippen molar-refractivity contribution in [2.75, 3.05) is 5.32 Å². The highest BCUT2D eigenvalue weighted by Gasteiger charge is 2.08. The largest absolute Gasteiger partial charge is 0.478 e. The van der Waals surface area contributed by atoms with Crippen LogP contribution in [0.3, 0.4) is 0 Å². The van der Waals surface area contributed by atoms with Gasteiger partial charge in [-0.15, -0.1) is 0 Å². The Morgan fingerprint density at radius 1 is 1.14 bits per heavy atom. The minimum atomic E-state index is -0.980. The van der Waals surface area contributed by atoms with Gasteiger partial charge in [-0.3, -0.25) is 9.78 Å². The van der Waals surface area contributed by atoms with Crippen molar-refractivity contribution in [2.45, 2.75) is 6.42 Å². The lowest BCUT2D eigenvalue weighted by molar-refractivity contribution is 0.0696. The number of benzene rings is 1. The number of rotatable bonds is 6. The molecule has 0 aliphatic carbocycles. The van der Waals surface area contributed by atoms with Crippen LogP contribution in [0.25, 0.3) is 0 Å². The molecule has 0 aliphatic heterocycles. The average molecular weight is 282 g/mol. The summed E-state index contributed by atoms with van der Waals surface area (Å²) in [5.74, 6) is -1.06. The molecule has 0 amide bonds. The van der Waals surface area contributed by atoms with Crippen molar-refractivity contribution in [3.8, 4) is 0 Å². The maximum absolute atomic E-state index is 12.0. The van der Waals surface area contributed by atoms with Crippen LogP contribution in [0.15, 0.2) is 61.1 Å². The zero-order valence-corrected chi connectivity index (χ0v) is 11.2. The van der Waals surface area contributed by atoms with Crippen LogP contribution in [0, 0.1) is 0 Å². The molecule has 5 nitrogen and oxygen atoms in total. The smallest absolute Gasteiger partial charge is 0.335 e. The molecule has 0 fully saturated rings. The summed E-state index contributed by atoms with van der Waals surface area (Å²) in [6.45, 7) is 3.80. The van der Waals surface area contributed by atoms with E-state index in [0.717, 1.165) is 0 Å². The zero-order valence-electron chi connectivity index (χ0n) is 11.2. The number of anilines is 1. The molecular weight excluding hydrogens is 268 g/mol. The number of carbonyl (C=O) groups is 2. The minimum absolute atomic E-state index is 0.0808. The number of hydrogen-bond acceptors (Lipinski definition) is 4. The summed E-state index contributed by atoms with van der Waals surface area (Å²) in [7, 11) is 0. The van der Waals surface area contributed by atoms with Crippen LogP contribution in [-0.2, 0) is 0 Å². The lowest BCUT2D eigenvalue weighted by Crippen LogP contribution is -2.06. The topological polar surface area (TPSA) is 79.3 Å². The molecule has 1 aromatic heterocycles. The third-order valence-corrected chi connectivity index (χ3v) is 2.81. The van der Waals surface area contributed by atoms with Gasteiger partial charge in [0.15, 0.2) is 5.78 Å². The quantitative estimate of drug-likeness (QED) is 0.796. The van der Waals surface area contributed by atoms with Crippen LogP contribution in [0.2, 0.25) is 0 Å². The summed E-state index contributed by atoms with van der Waals surface area (Å²) in [6.07, 6.45) is 3.26. The Morgan fingerprint density at radius 3 is 2.43 bits per heavy atom. The number of allylic oxidation sites excluding steroid dienone is 1. The normalized spacial score (nSPS) is 9.90. The summed E-state index contributed by atoms with van der Waals surface area (Å²) in [5.41, 5.74) is 1.95. The van der Waals surface area contributed by atoms with Crippen LogP contribution < -0.4 is 5.32 Å². The third-order valence-electron chi connectivity index (χ3n) is 2.81. The molecular formula is C16H14N2O3. The number of Topliss-reactive ketones (excluding diaryl/α,β-unsaturated/α-hetero) is 1. The van der Waals surface area contributed by atoms with E-state index in [0.29, 0.717) is 16.9 Å². The van der Waals surface area contributed by atoms with Gasteiger partial charge >= 0.3 is 5.97 Å². The Hall–Kier alpha value is -2.95. The standard InChI is InChI=1S/C16H14N2O3/c1-11(9-15(19)13-3-2-8-17-10-13)18-14-6-4-12(5-7-14)16(20)21/h2-8,10,18H,1,9H2,(H,20,21). The lowest BCUT2D eigenvalue weighted by Gasteiger charge is -2.09. The first kappa shape index (κ1) is 14.5. The molecule has 1 aromatic carbocycles. The first-order valence-electron chi connectivity index (χ1n) is 6.27. The second-order valence-corrected chi connectivity index (χ2v) is 4.45. The van der Waals surface area contributed by atoms with Crippen LogP contribution in [-0.4, -0.2) is 21.8 Å². The molecule has 0 spiro atoms. The summed E-state index contributed by atoms with van der Waals surface area (Å²) in [5, 5.41) is 11.8. The molecule has 0 saturated carbocycles. The lowest BCUT2D eigenvalue weighted by atomic mass is 10.1. The van der Waals surface area contributed by atoms with E-state index >= 15 is 0 Å². The summed E-state index contributed by atoms with van der Waals surface area (Å²) >= 11 is 0. The van der Waals surface area contributed by atoms with Gasteiger partial charge < -0.3 is 10.4 Å². The van der Waals surface area contributed by atoms with Crippen LogP contribution in [0.4, 0.5) is 5.69 Å². The molecule has 2 rings (SSSR count). The molecule has 0 bridgehead atoms. The number of aromatic nitrogens is 1. The average Bonchev–Trinajstić information content (AvgIpc) is 2.48. The van der Waals surface area contributed by atoms with Gasteiger partial charge in [-0.25, -0.2) is 4.79 Å². The SMILES string of the molecule is C=C(CC(=O)c1cccnc1)Nc1ccc(C(=O)O)cc1. The van der Waals surface area contributed by atoms with Crippen LogP contribution in [0.5, 0.6) is 0 Å². The number of ketones is 1.